The van der Waals surface area contributed by atoms with E-state index in [1.54, 1.807) is 18.2 Å². The molecular formula is C17H18ClFIN. The molecule has 0 aliphatic heterocycles. The van der Waals surface area contributed by atoms with Crippen molar-refractivity contribution in [3.8, 4) is 0 Å². The number of hydrogen-bond donors (Lipinski definition) is 1. The maximum absolute atomic E-state index is 14.3. The zero-order chi connectivity index (χ0) is 15.2. The summed E-state index contributed by atoms with van der Waals surface area (Å²) in [4.78, 5) is 0. The van der Waals surface area contributed by atoms with Gasteiger partial charge in [0.2, 0.25) is 0 Å². The van der Waals surface area contributed by atoms with Crippen molar-refractivity contribution in [2.24, 2.45) is 0 Å². The molecule has 21 heavy (non-hydrogen) atoms. The molecule has 0 aliphatic rings. The number of benzene rings is 2. The Hall–Kier alpha value is -0.650. The van der Waals surface area contributed by atoms with Crippen molar-refractivity contribution < 1.29 is 4.39 Å². The second-order valence-electron chi connectivity index (χ2n) is 4.98. The van der Waals surface area contributed by atoms with E-state index >= 15 is 0 Å². The lowest BCUT2D eigenvalue weighted by molar-refractivity contribution is 0.497. The van der Waals surface area contributed by atoms with Gasteiger partial charge in [0, 0.05) is 15.2 Å². The quantitative estimate of drug-likeness (QED) is 0.623. The molecule has 112 valence electrons. The van der Waals surface area contributed by atoms with Crippen LogP contribution >= 0.6 is 34.2 Å². The standard InChI is InChI=1S/C17H18ClFIN/c1-2-10-21-16(11-12-6-8-13(20)9-7-12)14-4-3-5-15(18)17(14)19/h3-9,16,21H,2,10-11H2,1H3. The molecule has 2 aromatic carbocycles. The minimum Gasteiger partial charge on any atom is -0.310 e. The van der Waals surface area contributed by atoms with E-state index in [9.17, 15) is 4.39 Å². The zero-order valence-corrected chi connectivity index (χ0v) is 14.8. The van der Waals surface area contributed by atoms with Crippen molar-refractivity contribution in [1.82, 2.24) is 5.32 Å². The van der Waals surface area contributed by atoms with Gasteiger partial charge in [-0.1, -0.05) is 42.8 Å². The normalized spacial score (nSPS) is 12.4. The number of nitrogens with one attached hydrogen (secondary N) is 1. The van der Waals surface area contributed by atoms with Gasteiger partial charge in [0.05, 0.1) is 5.02 Å². The fourth-order valence-electron chi connectivity index (χ4n) is 2.26. The van der Waals surface area contributed by atoms with Crippen LogP contribution in [0.4, 0.5) is 4.39 Å². The van der Waals surface area contributed by atoms with E-state index < -0.39 is 0 Å². The van der Waals surface area contributed by atoms with Crippen molar-refractivity contribution in [2.75, 3.05) is 6.54 Å². The molecule has 2 rings (SSSR count). The lowest BCUT2D eigenvalue weighted by Crippen LogP contribution is -2.25. The van der Waals surface area contributed by atoms with Gasteiger partial charge in [-0.3, -0.25) is 0 Å². The first-order valence-corrected chi connectivity index (χ1v) is 8.49. The molecule has 1 N–H and O–H groups in total. The van der Waals surface area contributed by atoms with Gasteiger partial charge in [0.15, 0.2) is 0 Å². The molecule has 0 aliphatic carbocycles. The Morgan fingerprint density at radius 1 is 1.19 bits per heavy atom. The second kappa shape index (κ2) is 8.11. The molecule has 0 aromatic heterocycles. The molecule has 1 nitrogen and oxygen atoms in total. The molecule has 0 spiro atoms. The Labute approximate surface area is 144 Å². The average molecular weight is 418 g/mol. The first-order valence-electron chi connectivity index (χ1n) is 7.03. The Bertz CT molecular complexity index is 586. The van der Waals surface area contributed by atoms with Crippen LogP contribution in [0.3, 0.4) is 0 Å². The van der Waals surface area contributed by atoms with Gasteiger partial charge in [-0.25, -0.2) is 4.39 Å². The third-order valence-electron chi connectivity index (χ3n) is 3.35. The van der Waals surface area contributed by atoms with Gasteiger partial charge in [-0.15, -0.1) is 0 Å². The first kappa shape index (κ1) is 16.7. The van der Waals surface area contributed by atoms with E-state index in [-0.39, 0.29) is 16.9 Å². The maximum atomic E-state index is 14.3. The van der Waals surface area contributed by atoms with E-state index in [2.05, 4.69) is 59.1 Å². The van der Waals surface area contributed by atoms with Crippen LogP contribution in [0, 0.1) is 9.39 Å². The highest BCUT2D eigenvalue weighted by Gasteiger charge is 2.17. The summed E-state index contributed by atoms with van der Waals surface area (Å²) in [7, 11) is 0. The Kier molecular flexibility index (Phi) is 6.45. The second-order valence-corrected chi connectivity index (χ2v) is 6.63. The maximum Gasteiger partial charge on any atom is 0.146 e. The molecule has 0 radical (unpaired) electrons. The SMILES string of the molecule is CCCNC(Cc1ccc(I)cc1)c1cccc(Cl)c1F. The van der Waals surface area contributed by atoms with E-state index in [0.717, 1.165) is 19.4 Å². The van der Waals surface area contributed by atoms with Crippen LogP contribution in [0.15, 0.2) is 42.5 Å². The lowest BCUT2D eigenvalue weighted by Gasteiger charge is -2.20. The van der Waals surface area contributed by atoms with E-state index in [1.807, 2.05) is 0 Å². The Morgan fingerprint density at radius 2 is 1.90 bits per heavy atom. The molecule has 0 saturated carbocycles. The molecule has 4 heteroatoms. The first-order chi connectivity index (χ1) is 10.1. The number of hydrogen-bond acceptors (Lipinski definition) is 1. The summed E-state index contributed by atoms with van der Waals surface area (Å²) in [5.41, 5.74) is 1.82. The third kappa shape index (κ3) is 4.66. The topological polar surface area (TPSA) is 12.0 Å². The highest BCUT2D eigenvalue weighted by atomic mass is 127. The molecule has 0 bridgehead atoms. The van der Waals surface area contributed by atoms with Crippen LogP contribution in [0.2, 0.25) is 5.02 Å². The van der Waals surface area contributed by atoms with Crippen LogP contribution < -0.4 is 5.32 Å². The molecule has 0 heterocycles. The van der Waals surface area contributed by atoms with Crippen LogP contribution in [0.25, 0.3) is 0 Å². The molecule has 0 amide bonds. The summed E-state index contributed by atoms with van der Waals surface area (Å²) in [6.07, 6.45) is 1.75. The van der Waals surface area contributed by atoms with Crippen LogP contribution in [-0.4, -0.2) is 6.54 Å². The van der Waals surface area contributed by atoms with Crippen molar-refractivity contribution in [2.45, 2.75) is 25.8 Å². The lowest BCUT2D eigenvalue weighted by atomic mass is 9.98. The fraction of sp³-hybridized carbons (Fsp3) is 0.294. The van der Waals surface area contributed by atoms with Crippen LogP contribution in [-0.2, 0) is 6.42 Å². The molecule has 1 unspecified atom stereocenters. The van der Waals surface area contributed by atoms with Crippen LogP contribution in [0.5, 0.6) is 0 Å². The van der Waals surface area contributed by atoms with E-state index in [4.69, 9.17) is 11.6 Å². The minimum absolute atomic E-state index is 0.0660. The van der Waals surface area contributed by atoms with Gasteiger partial charge in [-0.05, 0) is 65.7 Å². The van der Waals surface area contributed by atoms with Crippen molar-refractivity contribution in [3.63, 3.8) is 0 Å². The summed E-state index contributed by atoms with van der Waals surface area (Å²) in [6, 6.07) is 13.4. The predicted octanol–water partition coefficient (Wildman–Crippen LogP) is 5.37. The Morgan fingerprint density at radius 3 is 2.57 bits per heavy atom. The van der Waals surface area contributed by atoms with Gasteiger partial charge >= 0.3 is 0 Å². The molecule has 2 aromatic rings. The number of rotatable bonds is 6. The summed E-state index contributed by atoms with van der Waals surface area (Å²) in [5, 5.41) is 3.60. The largest absolute Gasteiger partial charge is 0.310 e. The summed E-state index contributed by atoms with van der Waals surface area (Å²) >= 11 is 8.19. The predicted molar refractivity (Wildman–Crippen MR) is 95.3 cm³/mol. The smallest absolute Gasteiger partial charge is 0.146 e. The fourth-order valence-corrected chi connectivity index (χ4v) is 2.80. The van der Waals surface area contributed by atoms with Crippen molar-refractivity contribution in [3.05, 3.63) is 68.0 Å². The van der Waals surface area contributed by atoms with Gasteiger partial charge in [0.25, 0.3) is 0 Å². The van der Waals surface area contributed by atoms with Crippen LogP contribution in [0.1, 0.15) is 30.5 Å². The van der Waals surface area contributed by atoms with Gasteiger partial charge < -0.3 is 5.32 Å². The summed E-state index contributed by atoms with van der Waals surface area (Å²) in [5.74, 6) is -0.321. The average Bonchev–Trinajstić information content (AvgIpc) is 2.48. The summed E-state index contributed by atoms with van der Waals surface area (Å²) in [6.45, 7) is 2.95. The zero-order valence-electron chi connectivity index (χ0n) is 11.9. The third-order valence-corrected chi connectivity index (χ3v) is 4.36. The molecule has 0 fully saturated rings. The monoisotopic (exact) mass is 417 g/mol. The summed E-state index contributed by atoms with van der Waals surface area (Å²) < 4.78 is 15.5. The minimum atomic E-state index is -0.321. The number of halogens is 3. The highest BCUT2D eigenvalue weighted by Crippen LogP contribution is 2.26. The van der Waals surface area contributed by atoms with Gasteiger partial charge in [0.1, 0.15) is 5.82 Å². The van der Waals surface area contributed by atoms with E-state index in [1.165, 1.54) is 9.13 Å². The molecular weight excluding hydrogens is 400 g/mol. The van der Waals surface area contributed by atoms with Crippen molar-refractivity contribution >= 4 is 34.2 Å². The molecule has 0 saturated heterocycles. The Balaban J connectivity index is 2.25. The molecule has 1 atom stereocenters. The highest BCUT2D eigenvalue weighted by molar-refractivity contribution is 14.1. The van der Waals surface area contributed by atoms with E-state index in [0.29, 0.717) is 5.56 Å². The van der Waals surface area contributed by atoms with Crippen molar-refractivity contribution in [1.29, 1.82) is 0 Å². The van der Waals surface area contributed by atoms with Gasteiger partial charge in [-0.2, -0.15) is 0 Å².